The Morgan fingerprint density at radius 2 is 1.90 bits per heavy atom. The molecule has 1 aliphatic heterocycles. The van der Waals surface area contributed by atoms with Crippen LogP contribution in [0.15, 0.2) is 0 Å². The normalized spacial score (nSPS) is 41.9. The second-order valence-electron chi connectivity index (χ2n) is 5.67. The lowest BCUT2D eigenvalue weighted by atomic mass is 9.76. The summed E-state index contributed by atoms with van der Waals surface area (Å²) in [6.07, 6.45) is -0.475. The summed E-state index contributed by atoms with van der Waals surface area (Å²) in [5.41, 5.74) is -0.126. The van der Waals surface area contributed by atoms with Crippen LogP contribution >= 0.6 is 0 Å². The summed E-state index contributed by atoms with van der Waals surface area (Å²) in [6, 6.07) is 0. The number of ether oxygens (including phenoxy) is 1. The van der Waals surface area contributed by atoms with Crippen molar-refractivity contribution in [1.82, 2.24) is 5.48 Å². The highest BCUT2D eigenvalue weighted by atomic mass is 16.7. The fourth-order valence-electron chi connectivity index (χ4n) is 2.61. The third-order valence-electron chi connectivity index (χ3n) is 4.21. The lowest BCUT2D eigenvalue weighted by molar-refractivity contribution is -0.346. The maximum Gasteiger partial charge on any atom is 0.186 e. The molecule has 7 heteroatoms. The molecule has 1 unspecified atom stereocenters. The number of nitrogens with one attached hydrogen (secondary N) is 1. The van der Waals surface area contributed by atoms with Gasteiger partial charge in [0.25, 0.3) is 0 Å². The monoisotopic (exact) mass is 292 g/mol. The van der Waals surface area contributed by atoms with Crippen molar-refractivity contribution in [2.24, 2.45) is 0 Å². The minimum Gasteiger partial charge on any atom is -0.787 e. The SMILES string of the molecule is CCCCCCC1(O)O[C@H](CO)[C@@H](O)[C@H](O)[C@@]1(C)N[O-]. The van der Waals surface area contributed by atoms with E-state index in [1.54, 1.807) is 5.48 Å². The first-order valence-corrected chi connectivity index (χ1v) is 7.12. The van der Waals surface area contributed by atoms with E-state index in [-0.39, 0.29) is 6.42 Å². The molecule has 7 nitrogen and oxygen atoms in total. The van der Waals surface area contributed by atoms with Crippen LogP contribution < -0.4 is 5.48 Å². The zero-order valence-electron chi connectivity index (χ0n) is 12.1. The van der Waals surface area contributed by atoms with Gasteiger partial charge in [0, 0.05) is 6.42 Å². The molecule has 20 heavy (non-hydrogen) atoms. The molecule has 5 N–H and O–H groups in total. The molecule has 120 valence electrons. The Balaban J connectivity index is 2.87. The van der Waals surface area contributed by atoms with Crippen LogP contribution in [0.25, 0.3) is 0 Å². The van der Waals surface area contributed by atoms with Crippen LogP contribution in [0.3, 0.4) is 0 Å². The Hall–Kier alpha value is -0.280. The molecule has 1 aliphatic rings. The molecule has 0 radical (unpaired) electrons. The predicted octanol–water partition coefficient (Wildman–Crippen LogP) is -0.396. The average molecular weight is 292 g/mol. The largest absolute Gasteiger partial charge is 0.787 e. The number of hydrogen-bond acceptors (Lipinski definition) is 7. The van der Waals surface area contributed by atoms with E-state index in [1.807, 2.05) is 0 Å². The number of aliphatic hydroxyl groups is 4. The second-order valence-corrected chi connectivity index (χ2v) is 5.67. The molecule has 0 aromatic heterocycles. The number of rotatable bonds is 7. The van der Waals surface area contributed by atoms with Crippen molar-refractivity contribution in [3.8, 4) is 0 Å². The first-order chi connectivity index (χ1) is 9.36. The number of aliphatic hydroxyl groups excluding tert-OH is 3. The van der Waals surface area contributed by atoms with Gasteiger partial charge in [-0.25, -0.2) is 0 Å². The van der Waals surface area contributed by atoms with Gasteiger partial charge in [-0.3, -0.25) is 0 Å². The van der Waals surface area contributed by atoms with Crippen molar-refractivity contribution in [3.05, 3.63) is 5.21 Å². The standard InChI is InChI=1S/C13H26NO6/c1-3-4-5-6-7-13(18)12(2,14-19)11(17)10(16)9(8-15)20-13/h9-11,14-18H,3-8H2,1-2H3/q-1/t9-,10-,11+,12-,13?/m1/s1. The Labute approximate surface area is 119 Å². The molecule has 0 saturated carbocycles. The fraction of sp³-hybridized carbons (Fsp3) is 1.00. The number of hydrogen-bond donors (Lipinski definition) is 5. The predicted molar refractivity (Wildman–Crippen MR) is 72.6 cm³/mol. The molecule has 1 fully saturated rings. The third kappa shape index (κ3) is 3.14. The molecule has 5 atom stereocenters. The molecule has 0 aromatic rings. The molecule has 0 spiro atoms. The maximum atomic E-state index is 11.2. The van der Waals surface area contributed by atoms with E-state index in [0.717, 1.165) is 19.3 Å². The van der Waals surface area contributed by atoms with Crippen molar-refractivity contribution >= 4 is 0 Å². The zero-order valence-corrected chi connectivity index (χ0v) is 12.1. The van der Waals surface area contributed by atoms with Crippen molar-refractivity contribution in [3.63, 3.8) is 0 Å². The first-order valence-electron chi connectivity index (χ1n) is 7.12. The number of unbranched alkanes of at least 4 members (excludes halogenated alkanes) is 3. The molecule has 1 heterocycles. The van der Waals surface area contributed by atoms with Gasteiger partial charge in [0.15, 0.2) is 5.79 Å². The van der Waals surface area contributed by atoms with Crippen LogP contribution in [0.5, 0.6) is 0 Å². The van der Waals surface area contributed by atoms with Gasteiger partial charge in [0.1, 0.15) is 18.3 Å². The van der Waals surface area contributed by atoms with E-state index in [1.165, 1.54) is 6.92 Å². The van der Waals surface area contributed by atoms with Crippen LogP contribution in [0.1, 0.15) is 46.0 Å². The summed E-state index contributed by atoms with van der Waals surface area (Å²) in [5, 5.41) is 50.9. The van der Waals surface area contributed by atoms with Crippen LogP contribution in [-0.4, -0.2) is 56.7 Å². The van der Waals surface area contributed by atoms with Crippen LogP contribution in [-0.2, 0) is 4.74 Å². The molecule has 0 aliphatic carbocycles. The van der Waals surface area contributed by atoms with Gasteiger partial charge in [-0.15, -0.1) is 0 Å². The summed E-state index contributed by atoms with van der Waals surface area (Å²) >= 11 is 0. The number of hydroxylamine groups is 1. The Morgan fingerprint density at radius 3 is 2.40 bits per heavy atom. The minimum absolute atomic E-state index is 0.138. The summed E-state index contributed by atoms with van der Waals surface area (Å²) < 4.78 is 5.33. The fourth-order valence-corrected chi connectivity index (χ4v) is 2.61. The highest BCUT2D eigenvalue weighted by molar-refractivity contribution is 5.10. The second kappa shape index (κ2) is 7.13. The van der Waals surface area contributed by atoms with Gasteiger partial charge in [0.2, 0.25) is 0 Å². The van der Waals surface area contributed by atoms with E-state index >= 15 is 0 Å². The molecular formula is C13H26NO6-. The molecular weight excluding hydrogens is 266 g/mol. The summed E-state index contributed by atoms with van der Waals surface area (Å²) in [7, 11) is 0. The van der Waals surface area contributed by atoms with Crippen LogP contribution in [0.4, 0.5) is 0 Å². The van der Waals surface area contributed by atoms with E-state index in [4.69, 9.17) is 9.84 Å². The Kier molecular flexibility index (Phi) is 6.33. The molecule has 1 rings (SSSR count). The van der Waals surface area contributed by atoms with Gasteiger partial charge < -0.3 is 35.9 Å². The topological polar surface area (TPSA) is 125 Å². The third-order valence-corrected chi connectivity index (χ3v) is 4.21. The van der Waals surface area contributed by atoms with Crippen molar-refractivity contribution in [2.45, 2.75) is 75.6 Å². The van der Waals surface area contributed by atoms with Crippen molar-refractivity contribution < 1.29 is 25.2 Å². The summed E-state index contributed by atoms with van der Waals surface area (Å²) in [4.78, 5) is 0. The zero-order chi connectivity index (χ0) is 15.4. The van der Waals surface area contributed by atoms with E-state index in [9.17, 15) is 20.5 Å². The molecule has 0 aromatic carbocycles. The molecule has 1 saturated heterocycles. The summed E-state index contributed by atoms with van der Waals surface area (Å²) in [6.45, 7) is 2.81. The quantitative estimate of drug-likeness (QED) is 0.319. The van der Waals surface area contributed by atoms with Crippen molar-refractivity contribution in [2.75, 3.05) is 6.61 Å². The average Bonchev–Trinajstić information content (AvgIpc) is 2.45. The van der Waals surface area contributed by atoms with E-state index in [2.05, 4.69) is 6.92 Å². The van der Waals surface area contributed by atoms with E-state index in [0.29, 0.717) is 6.42 Å². The van der Waals surface area contributed by atoms with Crippen molar-refractivity contribution in [1.29, 1.82) is 0 Å². The highest BCUT2D eigenvalue weighted by Crippen LogP contribution is 2.39. The van der Waals surface area contributed by atoms with E-state index < -0.39 is 36.2 Å². The van der Waals surface area contributed by atoms with Gasteiger partial charge >= 0.3 is 0 Å². The lowest BCUT2D eigenvalue weighted by Crippen LogP contribution is -2.76. The maximum absolute atomic E-state index is 11.2. The summed E-state index contributed by atoms with van der Waals surface area (Å²) in [5.74, 6) is -1.94. The van der Waals surface area contributed by atoms with Gasteiger partial charge in [-0.1, -0.05) is 26.2 Å². The molecule has 0 bridgehead atoms. The van der Waals surface area contributed by atoms with Gasteiger partial charge in [0.05, 0.1) is 12.1 Å². The Morgan fingerprint density at radius 1 is 1.25 bits per heavy atom. The van der Waals surface area contributed by atoms with Gasteiger partial charge in [-0.2, -0.15) is 0 Å². The van der Waals surface area contributed by atoms with Crippen LogP contribution in [0, 0.1) is 5.21 Å². The smallest absolute Gasteiger partial charge is 0.186 e. The Bertz CT molecular complexity index is 305. The van der Waals surface area contributed by atoms with Gasteiger partial charge in [-0.05, 0) is 13.3 Å². The van der Waals surface area contributed by atoms with Crippen LogP contribution in [0.2, 0.25) is 0 Å². The lowest BCUT2D eigenvalue weighted by Gasteiger charge is -2.56. The molecule has 0 amide bonds. The minimum atomic E-state index is -1.94. The highest BCUT2D eigenvalue weighted by Gasteiger charge is 2.59. The first kappa shape index (κ1) is 17.8.